The molecule has 2 heterocycles. The highest BCUT2D eigenvalue weighted by Gasteiger charge is 2.48. The largest absolute Gasteiger partial charge is 0.778 e. The number of carbonyl (C=O) groups excluding carboxylic acids is 1. The lowest BCUT2D eigenvalue weighted by Crippen LogP contribution is -2.41. The van der Waals surface area contributed by atoms with Gasteiger partial charge in [-0.2, -0.15) is 0 Å². The summed E-state index contributed by atoms with van der Waals surface area (Å²) in [7, 11) is -10.8. The number of hydrogen-bond donors (Lipinski definition) is 2. The molecule has 1 aromatic heterocycles. The maximum atomic E-state index is 12.4. The van der Waals surface area contributed by atoms with E-state index in [0.717, 1.165) is 41.1 Å². The van der Waals surface area contributed by atoms with Crippen LogP contribution in [0, 0.1) is 10.1 Å². The van der Waals surface area contributed by atoms with E-state index in [4.69, 9.17) is 14.2 Å². The molecule has 3 aromatic rings. The molecule has 1 aliphatic rings. The standard InChI is InChI=1S/C23H23N3O15P2/c27-18-10-11-25(22(29)24-18)21-20(40-23(30)38-16-4-2-1-3-5-16)19(28)17(39-21)12-37-43(35,36)41-42(33,34)13-14-6-8-15(9-7-14)26(31)32/h1-11,17,19-21,28H,12-13H2,(H,33,34)(H,35,36)(H,24,27,29)/p-2/t17-,19+,20?,21-/m1/s1. The molecule has 230 valence electrons. The molecule has 0 aliphatic carbocycles. The summed E-state index contributed by atoms with van der Waals surface area (Å²) in [6.45, 7) is -1.07. The molecule has 0 saturated carbocycles. The first-order valence-corrected chi connectivity index (χ1v) is 15.2. The number of phosphoric ester groups is 1. The van der Waals surface area contributed by atoms with Crippen LogP contribution < -0.4 is 25.8 Å². The molecule has 18 nitrogen and oxygen atoms in total. The van der Waals surface area contributed by atoms with Crippen LogP contribution in [-0.2, 0) is 33.6 Å². The van der Waals surface area contributed by atoms with Gasteiger partial charge in [0.2, 0.25) is 0 Å². The van der Waals surface area contributed by atoms with E-state index in [9.17, 15) is 48.5 Å². The van der Waals surface area contributed by atoms with Gasteiger partial charge >= 0.3 is 11.8 Å². The third kappa shape index (κ3) is 8.53. The summed E-state index contributed by atoms with van der Waals surface area (Å²) in [5.74, 6) is 0.0683. The summed E-state index contributed by atoms with van der Waals surface area (Å²) in [5.41, 5.74) is -2.15. The molecule has 0 bridgehead atoms. The number of nitrogens with one attached hydrogen (secondary N) is 1. The normalized spacial score (nSPS) is 22.7. The fourth-order valence-corrected chi connectivity index (χ4v) is 6.50. The Bertz CT molecular complexity index is 1680. The maximum absolute atomic E-state index is 12.4. The number of aliphatic hydroxyl groups excluding tert-OH is 1. The van der Waals surface area contributed by atoms with Gasteiger partial charge in [0.1, 0.15) is 25.6 Å². The highest BCUT2D eigenvalue weighted by molar-refractivity contribution is 7.62. The van der Waals surface area contributed by atoms with Gasteiger partial charge in [-0.3, -0.25) is 33.3 Å². The van der Waals surface area contributed by atoms with Gasteiger partial charge in [0.15, 0.2) is 12.3 Å². The number of aliphatic hydroxyl groups is 1. The van der Waals surface area contributed by atoms with Gasteiger partial charge in [0.05, 0.1) is 11.5 Å². The number of nitrogens with zero attached hydrogens (tertiary/aromatic N) is 2. The first-order chi connectivity index (χ1) is 20.2. The Balaban J connectivity index is 1.45. The van der Waals surface area contributed by atoms with Crippen molar-refractivity contribution in [1.82, 2.24) is 9.55 Å². The van der Waals surface area contributed by atoms with Crippen molar-refractivity contribution in [2.24, 2.45) is 0 Å². The fourth-order valence-electron chi connectivity index (χ4n) is 3.87. The maximum Gasteiger partial charge on any atom is 0.514 e. The number of rotatable bonds is 11. The van der Waals surface area contributed by atoms with Gasteiger partial charge in [-0.25, -0.2) is 9.59 Å². The average Bonchev–Trinajstić information content (AvgIpc) is 3.22. The van der Waals surface area contributed by atoms with Crippen molar-refractivity contribution >= 4 is 27.3 Å². The first-order valence-electron chi connectivity index (χ1n) is 12.0. The Morgan fingerprint density at radius 3 is 2.37 bits per heavy atom. The lowest BCUT2D eigenvalue weighted by molar-refractivity contribution is -0.384. The number of aromatic amines is 1. The number of nitro benzene ring substituents is 1. The second-order valence-electron chi connectivity index (χ2n) is 8.84. The van der Waals surface area contributed by atoms with Gasteiger partial charge in [0, 0.05) is 30.6 Å². The number of carbonyl (C=O) groups is 1. The number of para-hydroxylation sites is 1. The van der Waals surface area contributed by atoms with Gasteiger partial charge in [-0.1, -0.05) is 30.3 Å². The topological polar surface area (TPSA) is 262 Å². The summed E-state index contributed by atoms with van der Waals surface area (Å²) in [5, 5.41) is 21.6. The van der Waals surface area contributed by atoms with Crippen LogP contribution in [0.5, 0.6) is 5.75 Å². The van der Waals surface area contributed by atoms with E-state index in [1.165, 1.54) is 12.1 Å². The minimum Gasteiger partial charge on any atom is -0.778 e. The molecule has 3 unspecified atom stereocenters. The van der Waals surface area contributed by atoms with Crippen LogP contribution >= 0.6 is 15.4 Å². The van der Waals surface area contributed by atoms with Crippen LogP contribution in [0.2, 0.25) is 0 Å². The number of hydrogen-bond acceptors (Lipinski definition) is 15. The van der Waals surface area contributed by atoms with Gasteiger partial charge in [-0.15, -0.1) is 0 Å². The summed E-state index contributed by atoms with van der Waals surface area (Å²) in [6, 6.07) is 12.7. The predicted octanol–water partition coefficient (Wildman–Crippen LogP) is 0.542. The van der Waals surface area contributed by atoms with E-state index in [1.807, 2.05) is 4.98 Å². The molecular weight excluding hydrogens is 620 g/mol. The van der Waals surface area contributed by atoms with Crippen LogP contribution in [0.1, 0.15) is 11.8 Å². The second-order valence-corrected chi connectivity index (χ2v) is 12.2. The number of nitro groups is 1. The van der Waals surface area contributed by atoms with Gasteiger partial charge in [0.25, 0.3) is 19.1 Å². The lowest BCUT2D eigenvalue weighted by atomic mass is 10.1. The first kappa shape index (κ1) is 31.9. The molecule has 0 amide bonds. The molecule has 43 heavy (non-hydrogen) atoms. The molecule has 2 aromatic carbocycles. The Morgan fingerprint density at radius 2 is 1.74 bits per heavy atom. The zero-order valence-corrected chi connectivity index (χ0v) is 23.3. The monoisotopic (exact) mass is 641 g/mol. The van der Waals surface area contributed by atoms with Crippen molar-refractivity contribution in [3.63, 3.8) is 0 Å². The zero-order valence-electron chi connectivity index (χ0n) is 21.5. The zero-order chi connectivity index (χ0) is 31.4. The third-order valence-corrected chi connectivity index (χ3v) is 8.77. The molecule has 1 aliphatic heterocycles. The SMILES string of the molecule is O=C(Oc1ccccc1)OC1[C@@H](O)[C@@H](COP(=O)([O-])OP(=O)([O-])Cc2ccc([N+](=O)[O-])cc2)O[C@H]1n1ccc(=O)[nH]c1=O. The number of non-ortho nitro benzene ring substituents is 1. The molecule has 6 atom stereocenters. The fraction of sp³-hybridized carbons (Fsp3) is 0.261. The van der Waals surface area contributed by atoms with Crippen LogP contribution in [-0.4, -0.2) is 50.7 Å². The number of H-pyrrole nitrogens is 1. The number of benzene rings is 2. The van der Waals surface area contributed by atoms with E-state index in [0.29, 0.717) is 0 Å². The second kappa shape index (κ2) is 13.1. The summed E-state index contributed by atoms with van der Waals surface area (Å²) in [6.07, 6.45) is -8.19. The molecule has 4 rings (SSSR count). The van der Waals surface area contributed by atoms with E-state index >= 15 is 0 Å². The minimum atomic E-state index is -5.63. The number of phosphoric acid groups is 1. The van der Waals surface area contributed by atoms with Crippen LogP contribution in [0.3, 0.4) is 0 Å². The third-order valence-electron chi connectivity index (χ3n) is 5.76. The van der Waals surface area contributed by atoms with Crippen LogP contribution in [0.15, 0.2) is 76.4 Å². The van der Waals surface area contributed by atoms with E-state index in [-0.39, 0.29) is 17.0 Å². The van der Waals surface area contributed by atoms with Gasteiger partial charge in [-0.05, 0) is 17.7 Å². The van der Waals surface area contributed by atoms with Gasteiger partial charge < -0.3 is 38.2 Å². The van der Waals surface area contributed by atoms with Crippen molar-refractivity contribution in [2.45, 2.75) is 30.7 Å². The lowest BCUT2D eigenvalue weighted by Gasteiger charge is -2.32. The molecule has 1 fully saturated rings. The molecule has 0 radical (unpaired) electrons. The van der Waals surface area contributed by atoms with E-state index < -0.39 is 75.1 Å². The van der Waals surface area contributed by atoms with E-state index in [1.54, 1.807) is 18.2 Å². The van der Waals surface area contributed by atoms with Crippen molar-refractivity contribution < 1.29 is 56.8 Å². The van der Waals surface area contributed by atoms with E-state index in [2.05, 4.69) is 8.83 Å². The molecule has 2 N–H and O–H groups in total. The minimum absolute atomic E-state index is 0.0185. The smallest absolute Gasteiger partial charge is 0.514 e. The highest BCUT2D eigenvalue weighted by Crippen LogP contribution is 2.56. The molecule has 1 saturated heterocycles. The predicted molar refractivity (Wildman–Crippen MR) is 138 cm³/mol. The summed E-state index contributed by atoms with van der Waals surface area (Å²) < 4.78 is 49.9. The van der Waals surface area contributed by atoms with Crippen LogP contribution in [0.4, 0.5) is 10.5 Å². The Kier molecular flexibility index (Phi) is 9.74. The average molecular weight is 641 g/mol. The summed E-state index contributed by atoms with van der Waals surface area (Å²) in [4.78, 5) is 72.9. The van der Waals surface area contributed by atoms with Crippen LogP contribution in [0.25, 0.3) is 0 Å². The van der Waals surface area contributed by atoms with Crippen molar-refractivity contribution in [3.8, 4) is 5.75 Å². The molecule has 0 spiro atoms. The quantitative estimate of drug-likeness (QED) is 0.0951. The Morgan fingerprint density at radius 1 is 1.07 bits per heavy atom. The number of aromatic nitrogens is 2. The van der Waals surface area contributed by atoms with Crippen molar-refractivity contribution in [1.29, 1.82) is 0 Å². The summed E-state index contributed by atoms with van der Waals surface area (Å²) >= 11 is 0. The Labute approximate surface area is 240 Å². The molecule has 20 heteroatoms. The number of ether oxygens (including phenoxy) is 3. The highest BCUT2D eigenvalue weighted by atomic mass is 31.3. The Hall–Kier alpha value is -3.99. The molecular formula is C23H21N3O15P2-2. The van der Waals surface area contributed by atoms with Crippen molar-refractivity contribution in [2.75, 3.05) is 6.61 Å². The van der Waals surface area contributed by atoms with Crippen molar-refractivity contribution in [3.05, 3.63) is 103 Å².